The van der Waals surface area contributed by atoms with Gasteiger partial charge >= 0.3 is 0 Å². The number of rotatable bonds is 0. The van der Waals surface area contributed by atoms with Gasteiger partial charge in [-0.3, -0.25) is 4.79 Å². The number of azide groups is 1. The van der Waals surface area contributed by atoms with E-state index in [-0.39, 0.29) is 17.5 Å². The largest absolute Gasteiger partial charge is 0.311 e. The van der Waals surface area contributed by atoms with Crippen LogP contribution in [0.1, 0.15) is 0 Å². The maximum Gasteiger partial charge on any atom is 0.278 e. The van der Waals surface area contributed by atoms with Gasteiger partial charge in [0.2, 0.25) is 5.96 Å². The molecule has 8 heteroatoms. The molecule has 0 atom stereocenters. The van der Waals surface area contributed by atoms with Crippen molar-refractivity contribution in [3.05, 3.63) is 27.1 Å². The van der Waals surface area contributed by atoms with Gasteiger partial charge in [-0.15, -0.1) is 0 Å². The molecule has 1 aromatic rings. The lowest BCUT2D eigenvalue weighted by Crippen LogP contribution is -2.06. The fourth-order valence-electron chi connectivity index (χ4n) is 0.870. The van der Waals surface area contributed by atoms with Gasteiger partial charge in [-0.05, 0) is 10.6 Å². The summed E-state index contributed by atoms with van der Waals surface area (Å²) in [4.78, 5) is 23.3. The topological polar surface area (TPSA) is 121 Å². The third kappa shape index (κ3) is 1.10. The maximum absolute atomic E-state index is 11.1. The number of hydrogen-bond donors (Lipinski definition) is 1. The molecule has 1 radical (unpaired) electrons. The van der Waals surface area contributed by atoms with E-state index >= 15 is 0 Å². The van der Waals surface area contributed by atoms with E-state index in [1.54, 1.807) is 0 Å². The Balaban J connectivity index is 2.55. The van der Waals surface area contributed by atoms with Crippen molar-refractivity contribution < 1.29 is 0 Å². The van der Waals surface area contributed by atoms with Crippen molar-refractivity contribution in [1.82, 2.24) is 15.3 Å². The second-order valence-electron chi connectivity index (χ2n) is 2.12. The summed E-state index contributed by atoms with van der Waals surface area (Å²) < 4.78 is 0. The van der Waals surface area contributed by atoms with Crippen LogP contribution >= 0.6 is 0 Å². The van der Waals surface area contributed by atoms with Crippen LogP contribution in [0, 0.1) is 0 Å². The van der Waals surface area contributed by atoms with Crippen LogP contribution in [-0.2, 0) is 0 Å². The molecular formula is C5H2N7O. The molecule has 0 saturated carbocycles. The summed E-state index contributed by atoms with van der Waals surface area (Å²) in [5.74, 6) is 0.0767. The molecule has 1 N–H and O–H groups in total. The summed E-state index contributed by atoms with van der Waals surface area (Å²) in [7, 11) is 0. The first kappa shape index (κ1) is 7.32. The number of aromatic amines is 1. The molecule has 0 fully saturated rings. The van der Waals surface area contributed by atoms with Crippen LogP contribution in [0.3, 0.4) is 0 Å². The maximum atomic E-state index is 11.1. The molecule has 2 heterocycles. The van der Waals surface area contributed by atoms with Gasteiger partial charge in [0.1, 0.15) is 0 Å². The Hall–Kier alpha value is -2.34. The number of aliphatic imine (C=N–C) groups is 1. The van der Waals surface area contributed by atoms with Crippen molar-refractivity contribution in [3.63, 3.8) is 0 Å². The molecule has 0 aliphatic carbocycles. The summed E-state index contributed by atoms with van der Waals surface area (Å²) in [6.07, 6.45) is 1.21. The zero-order chi connectivity index (χ0) is 9.26. The van der Waals surface area contributed by atoms with E-state index in [1.165, 1.54) is 6.33 Å². The minimum Gasteiger partial charge on any atom is -0.311 e. The minimum absolute atomic E-state index is 0.0740. The van der Waals surface area contributed by atoms with Gasteiger partial charge in [0.05, 0.1) is 6.33 Å². The molecule has 8 nitrogen and oxygen atoms in total. The first-order valence-corrected chi connectivity index (χ1v) is 3.24. The molecule has 2 rings (SSSR count). The lowest BCUT2D eigenvalue weighted by Gasteiger charge is -1.90. The predicted molar refractivity (Wildman–Crippen MR) is 42.9 cm³/mol. The summed E-state index contributed by atoms with van der Waals surface area (Å²) in [6.45, 7) is 0. The lowest BCUT2D eigenvalue weighted by atomic mass is 10.5. The SMILES string of the molecule is [N-]=[N+]=NC1=Nc2c(nc[nH]c2=O)[N]1. The molecule has 0 unspecified atom stereocenters. The van der Waals surface area contributed by atoms with Crippen LogP contribution in [0.4, 0.5) is 11.5 Å². The van der Waals surface area contributed by atoms with Gasteiger partial charge in [0.25, 0.3) is 5.56 Å². The van der Waals surface area contributed by atoms with Crippen molar-refractivity contribution >= 4 is 17.5 Å². The van der Waals surface area contributed by atoms with E-state index in [4.69, 9.17) is 5.53 Å². The van der Waals surface area contributed by atoms with Gasteiger partial charge < -0.3 is 4.98 Å². The Kier molecular flexibility index (Phi) is 1.47. The molecule has 1 aromatic heterocycles. The van der Waals surface area contributed by atoms with Crippen LogP contribution in [0.2, 0.25) is 0 Å². The van der Waals surface area contributed by atoms with Crippen molar-refractivity contribution in [2.45, 2.75) is 0 Å². The Morgan fingerprint density at radius 1 is 1.62 bits per heavy atom. The fourth-order valence-corrected chi connectivity index (χ4v) is 0.870. The van der Waals surface area contributed by atoms with Gasteiger partial charge in [0, 0.05) is 4.91 Å². The number of nitrogens with one attached hydrogen (secondary N) is 1. The highest BCUT2D eigenvalue weighted by atomic mass is 16.1. The van der Waals surface area contributed by atoms with Crippen molar-refractivity contribution in [3.8, 4) is 0 Å². The zero-order valence-corrected chi connectivity index (χ0v) is 6.17. The number of fused-ring (bicyclic) bond motifs is 1. The Labute approximate surface area is 71.0 Å². The summed E-state index contributed by atoms with van der Waals surface area (Å²) in [6, 6.07) is 0. The van der Waals surface area contributed by atoms with Crippen molar-refractivity contribution in [2.24, 2.45) is 10.1 Å². The van der Waals surface area contributed by atoms with Gasteiger partial charge in [0.15, 0.2) is 11.5 Å². The number of hydrogen-bond acceptors (Lipinski definition) is 4. The van der Waals surface area contributed by atoms with Crippen LogP contribution in [0.5, 0.6) is 0 Å². The number of nitrogens with zero attached hydrogens (tertiary/aromatic N) is 6. The first-order chi connectivity index (χ1) is 6.31. The fraction of sp³-hybridized carbons (Fsp3) is 0. The third-order valence-corrected chi connectivity index (χ3v) is 1.36. The van der Waals surface area contributed by atoms with Crippen LogP contribution in [-0.4, -0.2) is 15.9 Å². The summed E-state index contributed by atoms with van der Waals surface area (Å²) >= 11 is 0. The molecule has 0 saturated heterocycles. The van der Waals surface area contributed by atoms with Gasteiger partial charge in [-0.2, -0.15) is 0 Å². The smallest absolute Gasteiger partial charge is 0.278 e. The van der Waals surface area contributed by atoms with E-state index in [0.717, 1.165) is 0 Å². The Morgan fingerprint density at radius 2 is 2.46 bits per heavy atom. The van der Waals surface area contributed by atoms with E-state index in [9.17, 15) is 4.79 Å². The van der Waals surface area contributed by atoms with Gasteiger partial charge in [-0.25, -0.2) is 15.3 Å². The average molecular weight is 176 g/mol. The molecule has 0 aromatic carbocycles. The highest BCUT2D eigenvalue weighted by Crippen LogP contribution is 2.22. The highest BCUT2D eigenvalue weighted by molar-refractivity contribution is 5.93. The second-order valence-corrected chi connectivity index (χ2v) is 2.12. The van der Waals surface area contributed by atoms with E-state index in [2.05, 4.69) is 30.3 Å². The molecule has 1 aliphatic rings. The molecule has 0 bridgehead atoms. The molecule has 13 heavy (non-hydrogen) atoms. The van der Waals surface area contributed by atoms with Crippen molar-refractivity contribution in [1.29, 1.82) is 0 Å². The Morgan fingerprint density at radius 3 is 3.15 bits per heavy atom. The quantitative estimate of drug-likeness (QED) is 0.347. The predicted octanol–water partition coefficient (Wildman–Crippen LogP) is 0.317. The number of H-pyrrole nitrogens is 1. The monoisotopic (exact) mass is 176 g/mol. The highest BCUT2D eigenvalue weighted by Gasteiger charge is 2.18. The summed E-state index contributed by atoms with van der Waals surface area (Å²) in [5.41, 5.74) is 7.75. The average Bonchev–Trinajstić information content (AvgIpc) is 2.49. The van der Waals surface area contributed by atoms with E-state index < -0.39 is 5.56 Å². The van der Waals surface area contributed by atoms with Crippen LogP contribution in [0.25, 0.3) is 10.4 Å². The molecule has 1 aliphatic heterocycles. The van der Waals surface area contributed by atoms with Crippen LogP contribution < -0.4 is 10.9 Å². The third-order valence-electron chi connectivity index (χ3n) is 1.36. The van der Waals surface area contributed by atoms with E-state index in [0.29, 0.717) is 0 Å². The van der Waals surface area contributed by atoms with E-state index in [1.807, 2.05) is 0 Å². The second kappa shape index (κ2) is 2.61. The Bertz CT molecular complexity index is 480. The first-order valence-electron chi connectivity index (χ1n) is 3.24. The van der Waals surface area contributed by atoms with Gasteiger partial charge in [-0.1, -0.05) is 0 Å². The van der Waals surface area contributed by atoms with Crippen molar-refractivity contribution in [2.75, 3.05) is 0 Å². The number of aromatic nitrogens is 2. The molecule has 63 valence electrons. The minimum atomic E-state index is -0.406. The molecule has 0 amide bonds. The molecule has 0 spiro atoms. The normalized spacial score (nSPS) is 12.5. The lowest BCUT2D eigenvalue weighted by molar-refractivity contribution is 1.08. The number of guanidine groups is 1. The standard InChI is InChI=1S/C5H2N7O/c6-12-11-5-9-2-3(10-5)7-1-8-4(2)13/h1H,(H,7,8,13). The van der Waals surface area contributed by atoms with Crippen LogP contribution in [0.15, 0.2) is 21.2 Å². The zero-order valence-electron chi connectivity index (χ0n) is 6.17. The summed E-state index contributed by atoms with van der Waals surface area (Å²) in [5, 5.41) is 6.85. The molecular weight excluding hydrogens is 174 g/mol.